The second kappa shape index (κ2) is 11.1. The first-order valence-electron chi connectivity index (χ1n) is 13.3. The highest BCUT2D eigenvalue weighted by Crippen LogP contribution is 2.27. The Bertz CT molecular complexity index is 1610. The summed E-state index contributed by atoms with van der Waals surface area (Å²) < 4.78 is 13.6. The summed E-state index contributed by atoms with van der Waals surface area (Å²) in [7, 11) is 0. The Balaban J connectivity index is 1.20. The molecule has 0 unspecified atom stereocenters. The van der Waals surface area contributed by atoms with Gasteiger partial charge in [0.05, 0.1) is 23.1 Å². The third-order valence-corrected chi connectivity index (χ3v) is 7.15. The number of likely N-dealkylation sites (tertiary alicyclic amines) is 1. The first-order valence-corrected chi connectivity index (χ1v) is 13.3. The zero-order valence-corrected chi connectivity index (χ0v) is 21.5. The van der Waals surface area contributed by atoms with E-state index in [2.05, 4.69) is 36.4 Å². The maximum absolute atomic E-state index is 13.6. The van der Waals surface area contributed by atoms with Gasteiger partial charge < -0.3 is 5.32 Å². The van der Waals surface area contributed by atoms with Gasteiger partial charge in [0.25, 0.3) is 5.91 Å². The van der Waals surface area contributed by atoms with Gasteiger partial charge in [0.1, 0.15) is 5.82 Å². The Morgan fingerprint density at radius 2 is 1.77 bits per heavy atom. The first kappa shape index (κ1) is 24.9. The number of benzene rings is 2. The Labute approximate surface area is 226 Å². The van der Waals surface area contributed by atoms with Gasteiger partial charge in [-0.25, -0.2) is 4.39 Å². The highest BCUT2D eigenvalue weighted by molar-refractivity contribution is 6.11. The summed E-state index contributed by atoms with van der Waals surface area (Å²) in [4.78, 5) is 24.5. The Kier molecular flexibility index (Phi) is 7.10. The van der Waals surface area contributed by atoms with Crippen LogP contribution in [0.3, 0.4) is 0 Å². The Hall–Kier alpha value is -4.43. The topological polar surface area (TPSA) is 86.8 Å². The molecular weight excluding hydrogens is 491 g/mol. The van der Waals surface area contributed by atoms with Crippen LogP contribution in [0, 0.1) is 5.82 Å². The van der Waals surface area contributed by atoms with Crippen LogP contribution in [0.2, 0.25) is 0 Å². The van der Waals surface area contributed by atoms with Crippen molar-refractivity contribution in [2.45, 2.75) is 32.2 Å². The standard InChI is InChI=1S/C31H29FN6O/c32-25-7-5-6-23(15-25)28-11-9-26(19-34-28)35-31(39)30-27-16-22(8-10-29(27)36-37-30)24-14-21(17-33-18-24)20-38-12-3-1-2-4-13-38/h5-11,14-19H,1-4,12-13,20H2,(H,35,39)(H,36,37). The third-order valence-electron chi connectivity index (χ3n) is 7.15. The van der Waals surface area contributed by atoms with E-state index in [4.69, 9.17) is 0 Å². The second-order valence-corrected chi connectivity index (χ2v) is 10.0. The molecule has 0 radical (unpaired) electrons. The predicted molar refractivity (Wildman–Crippen MR) is 151 cm³/mol. The van der Waals surface area contributed by atoms with E-state index < -0.39 is 0 Å². The lowest BCUT2D eigenvalue weighted by Gasteiger charge is -2.19. The molecule has 0 spiro atoms. The summed E-state index contributed by atoms with van der Waals surface area (Å²) in [5, 5.41) is 10.8. The summed E-state index contributed by atoms with van der Waals surface area (Å²) in [6.07, 6.45) is 10.5. The summed E-state index contributed by atoms with van der Waals surface area (Å²) in [5.41, 5.74) is 6.06. The largest absolute Gasteiger partial charge is 0.319 e. The van der Waals surface area contributed by atoms with E-state index in [9.17, 15) is 9.18 Å². The molecule has 7 nitrogen and oxygen atoms in total. The average Bonchev–Trinajstić information content (AvgIpc) is 3.22. The summed E-state index contributed by atoms with van der Waals surface area (Å²) in [6, 6.07) is 17.9. The van der Waals surface area contributed by atoms with Gasteiger partial charge in [0.15, 0.2) is 5.69 Å². The molecule has 196 valence electrons. The number of hydrogen-bond donors (Lipinski definition) is 2. The summed E-state index contributed by atoms with van der Waals surface area (Å²) in [5.74, 6) is -0.664. The average molecular weight is 521 g/mol. The van der Waals surface area contributed by atoms with Gasteiger partial charge in [-0.1, -0.05) is 31.0 Å². The van der Waals surface area contributed by atoms with Crippen LogP contribution in [0.1, 0.15) is 41.7 Å². The predicted octanol–water partition coefficient (Wildman–Crippen LogP) is 6.45. The number of carbonyl (C=O) groups is 1. The Morgan fingerprint density at radius 1 is 0.897 bits per heavy atom. The zero-order valence-electron chi connectivity index (χ0n) is 21.5. The van der Waals surface area contributed by atoms with E-state index in [1.807, 2.05) is 30.6 Å². The van der Waals surface area contributed by atoms with Crippen LogP contribution >= 0.6 is 0 Å². The number of rotatable bonds is 6. The van der Waals surface area contributed by atoms with E-state index in [-0.39, 0.29) is 11.7 Å². The van der Waals surface area contributed by atoms with Crippen molar-refractivity contribution in [2.75, 3.05) is 18.4 Å². The second-order valence-electron chi connectivity index (χ2n) is 10.0. The number of H-pyrrole nitrogens is 1. The number of amides is 1. The van der Waals surface area contributed by atoms with Crippen LogP contribution in [0.25, 0.3) is 33.3 Å². The third kappa shape index (κ3) is 5.71. The lowest BCUT2D eigenvalue weighted by atomic mass is 10.0. The molecule has 0 saturated carbocycles. The van der Waals surface area contributed by atoms with Gasteiger partial charge in [0.2, 0.25) is 0 Å². The molecule has 5 aromatic rings. The van der Waals surface area contributed by atoms with E-state index >= 15 is 0 Å². The SMILES string of the molecule is O=C(Nc1ccc(-c2cccc(F)c2)nc1)c1n[nH]c2ccc(-c3cncc(CN4CCCCCC4)c3)cc12. The minimum atomic E-state index is -0.341. The van der Waals surface area contributed by atoms with Gasteiger partial charge in [-0.3, -0.25) is 24.8 Å². The number of anilines is 1. The monoisotopic (exact) mass is 520 g/mol. The lowest BCUT2D eigenvalue weighted by molar-refractivity contribution is 0.102. The van der Waals surface area contributed by atoms with E-state index in [1.165, 1.54) is 43.4 Å². The van der Waals surface area contributed by atoms with Gasteiger partial charge in [-0.05, 0) is 79.5 Å². The summed E-state index contributed by atoms with van der Waals surface area (Å²) in [6.45, 7) is 3.16. The molecule has 1 fully saturated rings. The highest BCUT2D eigenvalue weighted by Gasteiger charge is 2.16. The number of pyridine rings is 2. The number of carbonyl (C=O) groups excluding carboxylic acids is 1. The van der Waals surface area contributed by atoms with Crippen molar-refractivity contribution in [1.82, 2.24) is 25.1 Å². The number of nitrogens with zero attached hydrogens (tertiary/aromatic N) is 4. The molecule has 0 atom stereocenters. The van der Waals surface area contributed by atoms with Crippen molar-refractivity contribution in [3.63, 3.8) is 0 Å². The van der Waals surface area contributed by atoms with Crippen LogP contribution in [-0.4, -0.2) is 44.1 Å². The van der Waals surface area contributed by atoms with E-state index in [0.29, 0.717) is 22.6 Å². The molecule has 2 N–H and O–H groups in total. The van der Waals surface area contributed by atoms with Crippen molar-refractivity contribution >= 4 is 22.5 Å². The van der Waals surface area contributed by atoms with Crippen molar-refractivity contribution in [3.8, 4) is 22.4 Å². The molecule has 1 aliphatic rings. The maximum atomic E-state index is 13.6. The molecule has 1 aliphatic heterocycles. The minimum Gasteiger partial charge on any atom is -0.319 e. The van der Waals surface area contributed by atoms with Crippen molar-refractivity contribution in [1.29, 1.82) is 0 Å². The van der Waals surface area contributed by atoms with Crippen LogP contribution in [-0.2, 0) is 6.54 Å². The van der Waals surface area contributed by atoms with Gasteiger partial charge in [-0.15, -0.1) is 0 Å². The van der Waals surface area contributed by atoms with Crippen LogP contribution in [0.15, 0.2) is 79.3 Å². The molecule has 6 rings (SSSR count). The molecule has 1 amide bonds. The number of aromatic amines is 1. The van der Waals surface area contributed by atoms with Crippen LogP contribution in [0.4, 0.5) is 10.1 Å². The molecule has 4 heterocycles. The fourth-order valence-electron chi connectivity index (χ4n) is 5.13. The van der Waals surface area contributed by atoms with Gasteiger partial charge in [0, 0.05) is 35.5 Å². The Morgan fingerprint density at radius 3 is 2.56 bits per heavy atom. The number of fused-ring (bicyclic) bond motifs is 1. The number of aromatic nitrogens is 4. The fourth-order valence-corrected chi connectivity index (χ4v) is 5.13. The fraction of sp³-hybridized carbons (Fsp3) is 0.226. The lowest BCUT2D eigenvalue weighted by Crippen LogP contribution is -2.24. The molecular formula is C31H29FN6O. The van der Waals surface area contributed by atoms with Crippen LogP contribution < -0.4 is 5.32 Å². The van der Waals surface area contributed by atoms with Crippen molar-refractivity contribution in [2.24, 2.45) is 0 Å². The molecule has 1 saturated heterocycles. The van der Waals surface area contributed by atoms with Gasteiger partial charge >= 0.3 is 0 Å². The molecule has 8 heteroatoms. The smallest absolute Gasteiger partial charge is 0.276 e. The van der Waals surface area contributed by atoms with Gasteiger partial charge in [-0.2, -0.15) is 5.10 Å². The van der Waals surface area contributed by atoms with Crippen molar-refractivity contribution < 1.29 is 9.18 Å². The van der Waals surface area contributed by atoms with Crippen molar-refractivity contribution in [3.05, 3.63) is 96.3 Å². The first-order chi connectivity index (χ1) is 19.1. The zero-order chi connectivity index (χ0) is 26.6. The normalized spacial score (nSPS) is 14.3. The quantitative estimate of drug-likeness (QED) is 0.269. The molecule has 2 aromatic carbocycles. The maximum Gasteiger partial charge on any atom is 0.276 e. The number of hydrogen-bond acceptors (Lipinski definition) is 5. The minimum absolute atomic E-state index is 0.301. The molecule has 39 heavy (non-hydrogen) atoms. The van der Waals surface area contributed by atoms with Crippen LogP contribution in [0.5, 0.6) is 0 Å². The number of nitrogens with one attached hydrogen (secondary N) is 2. The van der Waals surface area contributed by atoms with E-state index in [0.717, 1.165) is 41.7 Å². The summed E-state index contributed by atoms with van der Waals surface area (Å²) >= 11 is 0. The number of halogens is 1. The molecule has 3 aromatic heterocycles. The molecule has 0 bridgehead atoms. The van der Waals surface area contributed by atoms with E-state index in [1.54, 1.807) is 30.5 Å². The molecule has 0 aliphatic carbocycles. The highest BCUT2D eigenvalue weighted by atomic mass is 19.1.